The molecule has 1 aromatic heterocycles. The van der Waals surface area contributed by atoms with Gasteiger partial charge in [0, 0.05) is 11.6 Å². The number of benzene rings is 2. The molecule has 0 spiro atoms. The molecule has 2 N–H and O–H groups in total. The van der Waals surface area contributed by atoms with E-state index in [1.54, 1.807) is 13.2 Å². The Balaban J connectivity index is 1.68. The second-order valence-electron chi connectivity index (χ2n) is 5.44. The fourth-order valence-corrected chi connectivity index (χ4v) is 2.48. The Labute approximate surface area is 140 Å². The highest BCUT2D eigenvalue weighted by molar-refractivity contribution is 5.92. The third-order valence-electron chi connectivity index (χ3n) is 3.73. The van der Waals surface area contributed by atoms with Gasteiger partial charge in [0.1, 0.15) is 11.6 Å². The number of aromatic nitrogens is 2. The molecule has 0 aliphatic carbocycles. The number of carbonyl (C=O) groups excluding carboxylic acids is 1. The van der Waals surface area contributed by atoms with Gasteiger partial charge < -0.3 is 15.0 Å². The quantitative estimate of drug-likeness (QED) is 0.707. The Morgan fingerprint density at radius 1 is 1.21 bits per heavy atom. The number of aromatic amines is 1. The monoisotopic (exact) mass is 321 g/mol. The van der Waals surface area contributed by atoms with E-state index in [0.29, 0.717) is 0 Å². The molecule has 5 heteroatoms. The van der Waals surface area contributed by atoms with Crippen LogP contribution in [-0.4, -0.2) is 23.0 Å². The van der Waals surface area contributed by atoms with Crippen molar-refractivity contribution >= 4 is 23.0 Å². The molecule has 0 bridgehead atoms. The number of nitrogens with one attached hydrogen (secondary N) is 2. The molecule has 122 valence electrons. The van der Waals surface area contributed by atoms with E-state index in [9.17, 15) is 4.79 Å². The summed E-state index contributed by atoms with van der Waals surface area (Å²) < 4.78 is 5.26. The summed E-state index contributed by atoms with van der Waals surface area (Å²) in [5.41, 5.74) is 2.70. The van der Waals surface area contributed by atoms with Gasteiger partial charge in [0.25, 0.3) is 0 Å². The van der Waals surface area contributed by atoms with Crippen molar-refractivity contribution in [1.82, 2.24) is 15.3 Å². The van der Waals surface area contributed by atoms with Crippen molar-refractivity contribution in [2.75, 3.05) is 7.11 Å². The molecule has 0 fully saturated rings. The standard InChI is InChI=1S/C19H19N3O2/c1-13(19-21-15-8-4-5-9-16(15)22-19)20-18(23)12-11-14-7-3-6-10-17(14)24-2/h3-13H,1-2H3,(H,20,23)(H,21,22)/b12-11+. The van der Waals surface area contributed by atoms with Crippen LogP contribution in [-0.2, 0) is 4.79 Å². The van der Waals surface area contributed by atoms with Gasteiger partial charge >= 0.3 is 0 Å². The molecule has 1 amide bonds. The van der Waals surface area contributed by atoms with Crippen LogP contribution in [0.4, 0.5) is 0 Å². The van der Waals surface area contributed by atoms with Gasteiger partial charge in [0.2, 0.25) is 5.91 Å². The lowest BCUT2D eigenvalue weighted by Gasteiger charge is -2.09. The number of carbonyl (C=O) groups is 1. The van der Waals surface area contributed by atoms with E-state index < -0.39 is 0 Å². The number of imidazole rings is 1. The number of rotatable bonds is 5. The van der Waals surface area contributed by atoms with Crippen molar-refractivity contribution in [3.8, 4) is 5.75 Å². The van der Waals surface area contributed by atoms with Gasteiger partial charge in [-0.3, -0.25) is 4.79 Å². The van der Waals surface area contributed by atoms with Crippen LogP contribution in [0.15, 0.2) is 54.6 Å². The number of methoxy groups -OCH3 is 1. The van der Waals surface area contributed by atoms with Crippen molar-refractivity contribution < 1.29 is 9.53 Å². The third-order valence-corrected chi connectivity index (χ3v) is 3.73. The van der Waals surface area contributed by atoms with Gasteiger partial charge in [0.05, 0.1) is 24.2 Å². The lowest BCUT2D eigenvalue weighted by molar-refractivity contribution is -0.117. The van der Waals surface area contributed by atoms with E-state index >= 15 is 0 Å². The molecule has 24 heavy (non-hydrogen) atoms. The van der Waals surface area contributed by atoms with E-state index in [-0.39, 0.29) is 11.9 Å². The third kappa shape index (κ3) is 3.46. The molecule has 0 aliphatic rings. The van der Waals surface area contributed by atoms with Crippen LogP contribution in [0.2, 0.25) is 0 Å². The summed E-state index contributed by atoms with van der Waals surface area (Å²) in [5, 5.41) is 2.90. The molecule has 3 rings (SSSR count). The largest absolute Gasteiger partial charge is 0.496 e. The summed E-state index contributed by atoms with van der Waals surface area (Å²) in [6.45, 7) is 1.90. The minimum absolute atomic E-state index is 0.186. The van der Waals surface area contributed by atoms with Gasteiger partial charge in [-0.05, 0) is 31.2 Å². The fourth-order valence-electron chi connectivity index (χ4n) is 2.48. The van der Waals surface area contributed by atoms with Crippen molar-refractivity contribution in [2.45, 2.75) is 13.0 Å². The first-order valence-corrected chi connectivity index (χ1v) is 7.73. The van der Waals surface area contributed by atoms with Gasteiger partial charge in [-0.1, -0.05) is 30.3 Å². The molecular weight excluding hydrogens is 302 g/mol. The molecular formula is C19H19N3O2. The van der Waals surface area contributed by atoms with Crippen molar-refractivity contribution in [3.63, 3.8) is 0 Å². The number of hydrogen-bond donors (Lipinski definition) is 2. The molecule has 0 saturated carbocycles. The summed E-state index contributed by atoms with van der Waals surface area (Å²) in [4.78, 5) is 19.9. The highest BCUT2D eigenvalue weighted by atomic mass is 16.5. The van der Waals surface area contributed by atoms with Crippen LogP contribution in [0, 0.1) is 0 Å². The summed E-state index contributed by atoms with van der Waals surface area (Å²) in [6.07, 6.45) is 3.23. The molecule has 0 saturated heterocycles. The summed E-state index contributed by atoms with van der Waals surface area (Å²) in [7, 11) is 1.61. The fraction of sp³-hybridized carbons (Fsp3) is 0.158. The van der Waals surface area contributed by atoms with E-state index in [0.717, 1.165) is 28.2 Å². The van der Waals surface area contributed by atoms with E-state index in [1.165, 1.54) is 6.08 Å². The summed E-state index contributed by atoms with van der Waals surface area (Å²) in [6, 6.07) is 15.1. The Kier molecular flexibility index (Phi) is 4.61. The maximum Gasteiger partial charge on any atom is 0.244 e. The number of ether oxygens (including phenoxy) is 1. The Morgan fingerprint density at radius 2 is 1.96 bits per heavy atom. The van der Waals surface area contributed by atoms with Crippen molar-refractivity contribution in [3.05, 3.63) is 66.0 Å². The van der Waals surface area contributed by atoms with Crippen molar-refractivity contribution in [1.29, 1.82) is 0 Å². The molecule has 0 radical (unpaired) electrons. The van der Waals surface area contributed by atoms with Gasteiger partial charge in [0.15, 0.2) is 0 Å². The van der Waals surface area contributed by atoms with Gasteiger partial charge in [-0.25, -0.2) is 4.98 Å². The van der Waals surface area contributed by atoms with Crippen LogP contribution < -0.4 is 10.1 Å². The smallest absolute Gasteiger partial charge is 0.244 e. The Morgan fingerprint density at radius 3 is 2.75 bits per heavy atom. The zero-order valence-electron chi connectivity index (χ0n) is 13.6. The molecule has 1 unspecified atom stereocenters. The van der Waals surface area contributed by atoms with Gasteiger partial charge in [-0.2, -0.15) is 0 Å². The lowest BCUT2D eigenvalue weighted by atomic mass is 10.2. The molecule has 2 aromatic carbocycles. The maximum absolute atomic E-state index is 12.1. The van der Waals surface area contributed by atoms with Crippen LogP contribution in [0.5, 0.6) is 5.75 Å². The molecule has 3 aromatic rings. The zero-order chi connectivity index (χ0) is 16.9. The maximum atomic E-state index is 12.1. The van der Waals surface area contributed by atoms with Gasteiger partial charge in [-0.15, -0.1) is 0 Å². The zero-order valence-corrected chi connectivity index (χ0v) is 13.6. The second-order valence-corrected chi connectivity index (χ2v) is 5.44. The topological polar surface area (TPSA) is 67.0 Å². The van der Waals surface area contributed by atoms with Crippen LogP contribution in [0.3, 0.4) is 0 Å². The highest BCUT2D eigenvalue weighted by Crippen LogP contribution is 2.19. The van der Waals surface area contributed by atoms with Crippen LogP contribution in [0.1, 0.15) is 24.4 Å². The number of nitrogens with zero attached hydrogens (tertiary/aromatic N) is 1. The first kappa shape index (κ1) is 15.8. The van der Waals surface area contributed by atoms with Crippen molar-refractivity contribution in [2.24, 2.45) is 0 Å². The molecule has 5 nitrogen and oxygen atoms in total. The average molecular weight is 321 g/mol. The summed E-state index contributed by atoms with van der Waals surface area (Å²) in [5.74, 6) is 1.27. The van der Waals surface area contributed by atoms with E-state index in [1.807, 2.05) is 55.5 Å². The number of H-pyrrole nitrogens is 1. The van der Waals surface area contributed by atoms with E-state index in [4.69, 9.17) is 4.74 Å². The average Bonchev–Trinajstić information content (AvgIpc) is 3.04. The Hall–Kier alpha value is -3.08. The molecule has 1 heterocycles. The number of fused-ring (bicyclic) bond motifs is 1. The second kappa shape index (κ2) is 7.00. The summed E-state index contributed by atoms with van der Waals surface area (Å²) >= 11 is 0. The predicted molar refractivity (Wildman–Crippen MR) is 94.7 cm³/mol. The highest BCUT2D eigenvalue weighted by Gasteiger charge is 2.12. The number of hydrogen-bond acceptors (Lipinski definition) is 3. The minimum atomic E-state index is -0.216. The predicted octanol–water partition coefficient (Wildman–Crippen LogP) is 3.46. The molecule has 1 atom stereocenters. The van der Waals surface area contributed by atoms with Crippen LogP contribution >= 0.6 is 0 Å². The molecule has 0 aliphatic heterocycles. The lowest BCUT2D eigenvalue weighted by Crippen LogP contribution is -2.25. The first-order chi connectivity index (χ1) is 11.7. The number of amides is 1. The SMILES string of the molecule is COc1ccccc1/C=C/C(=O)NC(C)c1nc2ccccc2[nH]1. The van der Waals surface area contributed by atoms with Crippen LogP contribution in [0.25, 0.3) is 17.1 Å². The van der Waals surface area contributed by atoms with E-state index in [2.05, 4.69) is 15.3 Å². The normalized spacial score (nSPS) is 12.4. The Bertz CT molecular complexity index is 850. The number of para-hydroxylation sites is 3. The minimum Gasteiger partial charge on any atom is -0.496 e. The first-order valence-electron chi connectivity index (χ1n) is 7.73.